The lowest BCUT2D eigenvalue weighted by Gasteiger charge is -2.01. The minimum Gasteiger partial charge on any atom is -0.455 e. The normalized spacial score (nSPS) is 10.9. The van der Waals surface area contributed by atoms with Crippen molar-refractivity contribution in [2.45, 2.75) is 0 Å². The number of benzene rings is 2. The lowest BCUT2D eigenvalue weighted by atomic mass is 10.2. The molecule has 136 valence electrons. The van der Waals surface area contributed by atoms with Crippen LogP contribution in [-0.4, -0.2) is 16.1 Å². The van der Waals surface area contributed by atoms with Crippen molar-refractivity contribution in [3.8, 4) is 11.3 Å². The second-order valence-electron chi connectivity index (χ2n) is 5.30. The molecule has 0 unspecified atom stereocenters. The van der Waals surface area contributed by atoms with E-state index in [0.717, 1.165) is 22.2 Å². The summed E-state index contributed by atoms with van der Waals surface area (Å²) in [5.41, 5.74) is 2.59. The summed E-state index contributed by atoms with van der Waals surface area (Å²) < 4.78 is 6.57. The molecule has 0 aliphatic heterocycles. The number of hydrogen-bond donors (Lipinski definition) is 1. The smallest absolute Gasteiger partial charge is 0.301 e. The maximum atomic E-state index is 11.1. The van der Waals surface area contributed by atoms with Gasteiger partial charge in [-0.2, -0.15) is 5.10 Å². The molecule has 10 heteroatoms. The van der Waals surface area contributed by atoms with Crippen LogP contribution in [0.3, 0.4) is 0 Å². The summed E-state index contributed by atoms with van der Waals surface area (Å²) in [6.45, 7) is 0. The quantitative estimate of drug-likeness (QED) is 0.334. The molecule has 0 saturated carbocycles. The lowest BCUT2D eigenvalue weighted by Crippen LogP contribution is -1.98. The van der Waals surface area contributed by atoms with Crippen molar-refractivity contribution >= 4 is 39.2 Å². The SMILES string of the molecule is O=[N+]([O-])c1ccc(N/N=C\c2ccc(-c3cccc(Br)c3)o2)c([N+](=O)[O-])c1. The monoisotopic (exact) mass is 430 g/mol. The zero-order valence-electron chi connectivity index (χ0n) is 13.5. The molecule has 1 aromatic heterocycles. The summed E-state index contributed by atoms with van der Waals surface area (Å²) in [5.74, 6) is 1.07. The highest BCUT2D eigenvalue weighted by molar-refractivity contribution is 9.10. The number of halogens is 1. The van der Waals surface area contributed by atoms with E-state index in [9.17, 15) is 20.2 Å². The van der Waals surface area contributed by atoms with Gasteiger partial charge in [-0.15, -0.1) is 0 Å². The first kappa shape index (κ1) is 18.3. The molecule has 0 fully saturated rings. The number of hydrogen-bond acceptors (Lipinski definition) is 7. The molecule has 0 atom stereocenters. The predicted molar refractivity (Wildman–Crippen MR) is 103 cm³/mol. The van der Waals surface area contributed by atoms with Crippen LogP contribution in [0.15, 0.2) is 68.6 Å². The number of nitrogens with one attached hydrogen (secondary N) is 1. The number of hydrazone groups is 1. The van der Waals surface area contributed by atoms with E-state index in [1.165, 1.54) is 12.3 Å². The second-order valence-corrected chi connectivity index (χ2v) is 6.21. The fourth-order valence-electron chi connectivity index (χ4n) is 2.26. The molecular weight excluding hydrogens is 420 g/mol. The summed E-state index contributed by atoms with van der Waals surface area (Å²) in [6.07, 6.45) is 1.35. The Hall–Kier alpha value is -3.53. The highest BCUT2D eigenvalue weighted by Gasteiger charge is 2.19. The van der Waals surface area contributed by atoms with Gasteiger partial charge in [-0.25, -0.2) is 0 Å². The average Bonchev–Trinajstić information content (AvgIpc) is 3.10. The summed E-state index contributed by atoms with van der Waals surface area (Å²) in [6, 6.07) is 14.3. The van der Waals surface area contributed by atoms with Gasteiger partial charge >= 0.3 is 5.69 Å². The van der Waals surface area contributed by atoms with Crippen LogP contribution in [0.5, 0.6) is 0 Å². The molecule has 1 N–H and O–H groups in total. The maximum absolute atomic E-state index is 11.1. The standard InChI is InChI=1S/C17H11BrN4O5/c18-12-3-1-2-11(8-12)17-7-5-14(27-17)10-19-20-15-6-4-13(21(23)24)9-16(15)22(25)26/h1-10,20H/b19-10-. The summed E-state index contributed by atoms with van der Waals surface area (Å²) in [4.78, 5) is 20.4. The van der Waals surface area contributed by atoms with Gasteiger partial charge in [0.2, 0.25) is 0 Å². The number of non-ortho nitro benzene ring substituents is 1. The lowest BCUT2D eigenvalue weighted by molar-refractivity contribution is -0.393. The van der Waals surface area contributed by atoms with Crippen LogP contribution in [0.1, 0.15) is 5.76 Å². The van der Waals surface area contributed by atoms with Gasteiger partial charge in [-0.3, -0.25) is 25.7 Å². The number of furan rings is 1. The Labute approximate surface area is 160 Å². The third-order valence-corrected chi connectivity index (χ3v) is 3.99. The Morgan fingerprint density at radius 2 is 1.85 bits per heavy atom. The third kappa shape index (κ3) is 4.36. The molecule has 27 heavy (non-hydrogen) atoms. The Morgan fingerprint density at radius 3 is 2.56 bits per heavy atom. The maximum Gasteiger partial charge on any atom is 0.301 e. The van der Waals surface area contributed by atoms with Crippen molar-refractivity contribution in [1.82, 2.24) is 0 Å². The Balaban J connectivity index is 1.76. The Morgan fingerprint density at radius 1 is 1.04 bits per heavy atom. The molecule has 2 aromatic carbocycles. The topological polar surface area (TPSA) is 124 Å². The zero-order chi connectivity index (χ0) is 19.4. The first-order valence-electron chi connectivity index (χ1n) is 7.52. The van der Waals surface area contributed by atoms with E-state index in [4.69, 9.17) is 4.42 Å². The summed E-state index contributed by atoms with van der Waals surface area (Å²) >= 11 is 3.39. The number of rotatable bonds is 6. The van der Waals surface area contributed by atoms with E-state index in [-0.39, 0.29) is 11.4 Å². The van der Waals surface area contributed by atoms with Gasteiger partial charge < -0.3 is 4.42 Å². The molecule has 9 nitrogen and oxygen atoms in total. The van der Waals surface area contributed by atoms with Crippen molar-refractivity contribution in [2.24, 2.45) is 5.10 Å². The van der Waals surface area contributed by atoms with Crippen LogP contribution >= 0.6 is 15.9 Å². The molecule has 0 spiro atoms. The van der Waals surface area contributed by atoms with Gasteiger partial charge in [-0.05, 0) is 30.3 Å². The molecule has 1 heterocycles. The van der Waals surface area contributed by atoms with Crippen LogP contribution < -0.4 is 5.43 Å². The highest BCUT2D eigenvalue weighted by atomic mass is 79.9. The largest absolute Gasteiger partial charge is 0.455 e. The van der Waals surface area contributed by atoms with Crippen molar-refractivity contribution in [2.75, 3.05) is 5.43 Å². The fourth-order valence-corrected chi connectivity index (χ4v) is 2.66. The van der Waals surface area contributed by atoms with Gasteiger partial charge in [0.1, 0.15) is 17.2 Å². The van der Waals surface area contributed by atoms with Crippen LogP contribution in [0.2, 0.25) is 0 Å². The Kier molecular flexibility index (Phi) is 5.27. The second kappa shape index (κ2) is 7.79. The van der Waals surface area contributed by atoms with E-state index in [1.807, 2.05) is 24.3 Å². The summed E-state index contributed by atoms with van der Waals surface area (Å²) in [5, 5.41) is 25.7. The Bertz CT molecular complexity index is 1050. The minimum atomic E-state index is -0.719. The van der Waals surface area contributed by atoms with Crippen molar-refractivity contribution in [3.63, 3.8) is 0 Å². The first-order valence-corrected chi connectivity index (χ1v) is 8.31. The molecule has 0 radical (unpaired) electrons. The van der Waals surface area contributed by atoms with E-state index >= 15 is 0 Å². The first-order chi connectivity index (χ1) is 12.9. The van der Waals surface area contributed by atoms with E-state index in [1.54, 1.807) is 12.1 Å². The molecule has 3 rings (SSSR count). The van der Waals surface area contributed by atoms with Gasteiger partial charge in [-0.1, -0.05) is 28.1 Å². The van der Waals surface area contributed by atoms with Crippen molar-refractivity contribution < 1.29 is 14.3 Å². The van der Waals surface area contributed by atoms with Crippen LogP contribution in [0.25, 0.3) is 11.3 Å². The summed E-state index contributed by atoms with van der Waals surface area (Å²) in [7, 11) is 0. The van der Waals surface area contributed by atoms with Gasteiger partial charge in [0, 0.05) is 16.1 Å². The van der Waals surface area contributed by atoms with E-state index in [2.05, 4.69) is 26.5 Å². The van der Waals surface area contributed by atoms with Crippen LogP contribution in [-0.2, 0) is 0 Å². The van der Waals surface area contributed by atoms with Crippen LogP contribution in [0.4, 0.5) is 17.1 Å². The van der Waals surface area contributed by atoms with Gasteiger partial charge in [0.05, 0.1) is 22.1 Å². The predicted octanol–water partition coefficient (Wildman–Crippen LogP) is 4.97. The molecule has 0 bridgehead atoms. The molecule has 0 aliphatic rings. The number of nitrogens with zero attached hydrogens (tertiary/aromatic N) is 3. The van der Waals surface area contributed by atoms with Crippen LogP contribution in [0, 0.1) is 20.2 Å². The average molecular weight is 431 g/mol. The molecule has 0 aliphatic carbocycles. The number of nitro groups is 2. The van der Waals surface area contributed by atoms with Crippen molar-refractivity contribution in [1.29, 1.82) is 0 Å². The molecular formula is C17H11BrN4O5. The molecule has 0 saturated heterocycles. The molecule has 3 aromatic rings. The number of nitro benzene ring substituents is 2. The van der Waals surface area contributed by atoms with Gasteiger partial charge in [0.25, 0.3) is 5.69 Å². The molecule has 0 amide bonds. The third-order valence-electron chi connectivity index (χ3n) is 3.50. The van der Waals surface area contributed by atoms with Crippen molar-refractivity contribution in [3.05, 3.63) is 85.1 Å². The minimum absolute atomic E-state index is 0.0284. The zero-order valence-corrected chi connectivity index (χ0v) is 15.1. The van der Waals surface area contributed by atoms with E-state index < -0.39 is 15.5 Å². The number of anilines is 1. The fraction of sp³-hybridized carbons (Fsp3) is 0. The highest BCUT2D eigenvalue weighted by Crippen LogP contribution is 2.29. The van der Waals surface area contributed by atoms with E-state index in [0.29, 0.717) is 11.5 Å². The van der Waals surface area contributed by atoms with Gasteiger partial charge in [0.15, 0.2) is 0 Å².